The molecule has 3 rings (SSSR count). The van der Waals surface area contributed by atoms with Crippen LogP contribution in [0, 0.1) is 0 Å². The van der Waals surface area contributed by atoms with Crippen LogP contribution in [-0.4, -0.2) is 66.1 Å². The Morgan fingerprint density at radius 3 is 2.30 bits per heavy atom. The van der Waals surface area contributed by atoms with Gasteiger partial charge in [-0.3, -0.25) is 9.59 Å². The highest BCUT2D eigenvalue weighted by atomic mass is 16.5. The summed E-state index contributed by atoms with van der Waals surface area (Å²) >= 11 is 0. The van der Waals surface area contributed by atoms with Crippen LogP contribution in [0.1, 0.15) is 17.3 Å². The van der Waals surface area contributed by atoms with Crippen LogP contribution in [0.4, 0.5) is 0 Å². The number of β-amino-alcohol motifs (C(OH)–C–C–N with tert-alkyl or cyclic N) is 1. The molecular weight excluding hydrogens is 344 g/mol. The van der Waals surface area contributed by atoms with Crippen molar-refractivity contribution in [3.63, 3.8) is 0 Å². The van der Waals surface area contributed by atoms with E-state index in [0.717, 1.165) is 16.9 Å². The largest absolute Gasteiger partial charge is 0.496 e. The topological polar surface area (TPSA) is 70.1 Å². The second-order valence-corrected chi connectivity index (χ2v) is 6.65. The smallest absolute Gasteiger partial charge is 0.254 e. The van der Waals surface area contributed by atoms with Gasteiger partial charge in [-0.2, -0.15) is 0 Å². The molecule has 1 aliphatic rings. The van der Waals surface area contributed by atoms with Gasteiger partial charge >= 0.3 is 0 Å². The van der Waals surface area contributed by atoms with Crippen LogP contribution in [0.25, 0.3) is 11.1 Å². The lowest BCUT2D eigenvalue weighted by Gasteiger charge is -2.22. The Kier molecular flexibility index (Phi) is 5.76. The third-order valence-corrected chi connectivity index (χ3v) is 4.78. The molecule has 27 heavy (non-hydrogen) atoms. The molecule has 1 fully saturated rings. The molecule has 0 radical (unpaired) electrons. The lowest BCUT2D eigenvalue weighted by atomic mass is 10.0. The summed E-state index contributed by atoms with van der Waals surface area (Å²) in [6.07, 6.45) is -0.742. The number of nitrogens with zero attached hydrogens (tertiary/aromatic N) is 2. The van der Waals surface area contributed by atoms with Crippen LogP contribution in [-0.2, 0) is 4.79 Å². The van der Waals surface area contributed by atoms with Crippen LogP contribution in [0.15, 0.2) is 48.5 Å². The number of carbonyl (C=O) groups is 2. The molecule has 1 atom stereocenters. The van der Waals surface area contributed by atoms with Gasteiger partial charge in [-0.15, -0.1) is 0 Å². The van der Waals surface area contributed by atoms with E-state index in [1.807, 2.05) is 36.4 Å². The molecule has 0 unspecified atom stereocenters. The van der Waals surface area contributed by atoms with Gasteiger partial charge in [-0.1, -0.05) is 30.3 Å². The van der Waals surface area contributed by atoms with Crippen molar-refractivity contribution in [3.05, 3.63) is 54.1 Å². The van der Waals surface area contributed by atoms with Gasteiger partial charge in [0.25, 0.3) is 5.91 Å². The summed E-state index contributed by atoms with van der Waals surface area (Å²) in [6, 6.07) is 15.1. The zero-order chi connectivity index (χ0) is 19.4. The maximum absolute atomic E-state index is 12.8. The molecule has 142 valence electrons. The third-order valence-electron chi connectivity index (χ3n) is 4.78. The third kappa shape index (κ3) is 4.28. The minimum atomic E-state index is -0.742. The summed E-state index contributed by atoms with van der Waals surface area (Å²) in [4.78, 5) is 27.6. The molecule has 6 heteroatoms. The summed E-state index contributed by atoms with van der Waals surface area (Å²) in [5.41, 5.74) is 2.47. The number of aliphatic hydroxyl groups is 1. The Labute approximate surface area is 159 Å². The average molecular weight is 368 g/mol. The van der Waals surface area contributed by atoms with Gasteiger partial charge in [0, 0.05) is 44.2 Å². The second kappa shape index (κ2) is 8.22. The van der Waals surface area contributed by atoms with Crippen molar-refractivity contribution in [2.45, 2.75) is 13.0 Å². The van der Waals surface area contributed by atoms with Gasteiger partial charge in [0.2, 0.25) is 5.91 Å². The summed E-state index contributed by atoms with van der Waals surface area (Å²) in [7, 11) is 1.63. The van der Waals surface area contributed by atoms with Crippen molar-refractivity contribution in [2.24, 2.45) is 0 Å². The van der Waals surface area contributed by atoms with Crippen molar-refractivity contribution in [3.8, 4) is 16.9 Å². The maximum Gasteiger partial charge on any atom is 0.254 e. The zero-order valence-corrected chi connectivity index (χ0v) is 15.6. The highest BCUT2D eigenvalue weighted by Crippen LogP contribution is 2.29. The maximum atomic E-state index is 12.8. The van der Waals surface area contributed by atoms with Crippen LogP contribution in [0.5, 0.6) is 5.75 Å². The zero-order valence-electron chi connectivity index (χ0n) is 15.6. The minimum absolute atomic E-state index is 0.0930. The molecule has 0 aliphatic carbocycles. The number of benzene rings is 2. The fourth-order valence-electron chi connectivity index (χ4n) is 3.32. The molecule has 2 aromatic carbocycles. The molecule has 2 amide bonds. The number of aliphatic hydroxyl groups excluding tert-OH is 1. The summed E-state index contributed by atoms with van der Waals surface area (Å²) < 4.78 is 5.39. The molecule has 1 heterocycles. The monoisotopic (exact) mass is 368 g/mol. The van der Waals surface area contributed by atoms with E-state index < -0.39 is 6.10 Å². The normalized spacial score (nSPS) is 17.4. The fraction of sp³-hybridized carbons (Fsp3) is 0.333. The molecule has 1 saturated heterocycles. The fourth-order valence-corrected chi connectivity index (χ4v) is 3.32. The minimum Gasteiger partial charge on any atom is -0.496 e. The van der Waals surface area contributed by atoms with Gasteiger partial charge in [0.05, 0.1) is 13.2 Å². The van der Waals surface area contributed by atoms with Gasteiger partial charge in [0.1, 0.15) is 5.75 Å². The Bertz CT molecular complexity index is 819. The number of methoxy groups -OCH3 is 1. The molecule has 0 saturated carbocycles. The van der Waals surface area contributed by atoms with Gasteiger partial charge in [-0.05, 0) is 23.8 Å². The van der Waals surface area contributed by atoms with E-state index in [1.165, 1.54) is 6.92 Å². The van der Waals surface area contributed by atoms with Crippen molar-refractivity contribution >= 4 is 11.8 Å². The summed E-state index contributed by atoms with van der Waals surface area (Å²) in [5, 5.41) is 10.1. The second-order valence-electron chi connectivity index (χ2n) is 6.65. The van der Waals surface area contributed by atoms with Crippen molar-refractivity contribution < 1.29 is 19.4 Å². The van der Waals surface area contributed by atoms with E-state index >= 15 is 0 Å². The highest BCUT2D eigenvalue weighted by Gasteiger charge is 2.26. The van der Waals surface area contributed by atoms with E-state index in [1.54, 1.807) is 29.0 Å². The van der Waals surface area contributed by atoms with Gasteiger partial charge in [-0.25, -0.2) is 0 Å². The number of ether oxygens (including phenoxy) is 1. The van der Waals surface area contributed by atoms with Crippen LogP contribution < -0.4 is 4.74 Å². The number of hydrogen-bond donors (Lipinski definition) is 1. The molecule has 1 aliphatic heterocycles. The van der Waals surface area contributed by atoms with Crippen LogP contribution in [0.2, 0.25) is 0 Å². The molecule has 0 aromatic heterocycles. The summed E-state index contributed by atoms with van der Waals surface area (Å²) in [5.74, 6) is 0.534. The van der Waals surface area contributed by atoms with E-state index in [4.69, 9.17) is 4.74 Å². The quantitative estimate of drug-likeness (QED) is 0.900. The number of hydrogen-bond acceptors (Lipinski definition) is 4. The number of rotatable bonds is 3. The van der Waals surface area contributed by atoms with Gasteiger partial charge < -0.3 is 19.6 Å². The van der Waals surface area contributed by atoms with E-state index in [9.17, 15) is 14.7 Å². The van der Waals surface area contributed by atoms with E-state index in [2.05, 4.69) is 0 Å². The van der Waals surface area contributed by atoms with Crippen molar-refractivity contribution in [2.75, 3.05) is 33.3 Å². The first-order valence-electron chi connectivity index (χ1n) is 8.96. The SMILES string of the molecule is COc1ccccc1-c1ccc(C(=O)N2CCN(C(C)=O)C[C@@H](O)C2)cc1. The number of amides is 2. The van der Waals surface area contributed by atoms with Gasteiger partial charge in [0.15, 0.2) is 0 Å². The number of carbonyl (C=O) groups excluding carboxylic acids is 2. The van der Waals surface area contributed by atoms with Crippen LogP contribution >= 0.6 is 0 Å². The van der Waals surface area contributed by atoms with Crippen LogP contribution in [0.3, 0.4) is 0 Å². The predicted molar refractivity (Wildman–Crippen MR) is 103 cm³/mol. The van der Waals surface area contributed by atoms with Crippen molar-refractivity contribution in [1.29, 1.82) is 0 Å². The summed E-state index contributed by atoms with van der Waals surface area (Å²) in [6.45, 7) is 2.78. The highest BCUT2D eigenvalue weighted by molar-refractivity contribution is 5.95. The standard InChI is InChI=1S/C21H24N2O4/c1-15(24)22-11-12-23(14-18(25)13-22)21(26)17-9-7-16(8-10-17)19-5-3-4-6-20(19)27-2/h3-10,18,25H,11-14H2,1-2H3/t18-/m1/s1. The molecule has 1 N–H and O–H groups in total. The first-order chi connectivity index (χ1) is 13.0. The Hall–Kier alpha value is -2.86. The van der Waals surface area contributed by atoms with E-state index in [0.29, 0.717) is 18.7 Å². The first-order valence-corrected chi connectivity index (χ1v) is 8.96. The molecule has 0 spiro atoms. The van der Waals surface area contributed by atoms with E-state index in [-0.39, 0.29) is 24.9 Å². The first kappa shape index (κ1) is 18.9. The Morgan fingerprint density at radius 1 is 1.00 bits per heavy atom. The molecule has 2 aromatic rings. The lowest BCUT2D eigenvalue weighted by Crippen LogP contribution is -2.37. The number of para-hydroxylation sites is 1. The Balaban J connectivity index is 1.77. The average Bonchev–Trinajstić information content (AvgIpc) is 2.89. The van der Waals surface area contributed by atoms with Crippen molar-refractivity contribution in [1.82, 2.24) is 9.80 Å². The molecule has 6 nitrogen and oxygen atoms in total. The lowest BCUT2D eigenvalue weighted by molar-refractivity contribution is -0.129. The Morgan fingerprint density at radius 2 is 1.63 bits per heavy atom. The molecular formula is C21H24N2O4. The molecule has 0 bridgehead atoms. The predicted octanol–water partition coefficient (Wildman–Crippen LogP) is 2.03.